The Kier molecular flexibility index (Phi) is 5.01. The Bertz CT molecular complexity index is 991. The van der Waals surface area contributed by atoms with E-state index in [1.54, 1.807) is 6.07 Å². The zero-order valence-corrected chi connectivity index (χ0v) is 14.9. The monoisotopic (exact) mass is 409 g/mol. The van der Waals surface area contributed by atoms with Crippen LogP contribution in [0.2, 0.25) is 0 Å². The first-order chi connectivity index (χ1) is 13.6. The van der Waals surface area contributed by atoms with E-state index in [9.17, 15) is 33.2 Å². The average molecular weight is 409 g/mol. The highest BCUT2D eigenvalue weighted by Crippen LogP contribution is 2.41. The van der Waals surface area contributed by atoms with E-state index in [0.29, 0.717) is 5.01 Å². The van der Waals surface area contributed by atoms with Gasteiger partial charge in [0.05, 0.1) is 24.0 Å². The third-order valence-electron chi connectivity index (χ3n) is 4.38. The lowest BCUT2D eigenvalue weighted by Crippen LogP contribution is -2.43. The van der Waals surface area contributed by atoms with Gasteiger partial charge in [-0.3, -0.25) is 14.9 Å². The molecule has 0 spiro atoms. The number of ether oxygens (including phenoxy) is 1. The Morgan fingerprint density at radius 2 is 1.86 bits per heavy atom. The number of hydrogen-bond acceptors (Lipinski definition) is 6. The number of hydrazone groups is 1. The van der Waals surface area contributed by atoms with Crippen LogP contribution in [0.4, 0.5) is 18.9 Å². The molecule has 0 aromatic heterocycles. The lowest BCUT2D eigenvalue weighted by atomic mass is 9.96. The predicted octanol–water partition coefficient (Wildman–Crippen LogP) is 3.21. The van der Waals surface area contributed by atoms with Crippen molar-refractivity contribution < 1.29 is 32.7 Å². The molecule has 1 aliphatic rings. The number of amides is 1. The maximum absolute atomic E-state index is 13.3. The largest absolute Gasteiger partial charge is 0.496 e. The lowest BCUT2D eigenvalue weighted by Gasteiger charge is -2.31. The molecule has 0 bridgehead atoms. The molecule has 0 saturated heterocycles. The second-order valence-corrected chi connectivity index (χ2v) is 6.16. The highest BCUT2D eigenvalue weighted by molar-refractivity contribution is 6.01. The average Bonchev–Trinajstić information content (AvgIpc) is 3.06. The second kappa shape index (κ2) is 7.17. The fourth-order valence-corrected chi connectivity index (χ4v) is 2.93. The van der Waals surface area contributed by atoms with Crippen molar-refractivity contribution in [1.29, 1.82) is 0 Å². The van der Waals surface area contributed by atoms with E-state index in [1.807, 2.05) is 0 Å². The van der Waals surface area contributed by atoms with E-state index in [2.05, 4.69) is 5.10 Å². The minimum atomic E-state index is -4.88. The molecule has 8 nitrogen and oxygen atoms in total. The van der Waals surface area contributed by atoms with Crippen LogP contribution < -0.4 is 4.74 Å². The first kappa shape index (κ1) is 20.3. The summed E-state index contributed by atoms with van der Waals surface area (Å²) in [5.74, 6) is -0.943. The quantitative estimate of drug-likeness (QED) is 0.617. The minimum Gasteiger partial charge on any atom is -0.496 e. The van der Waals surface area contributed by atoms with E-state index in [4.69, 9.17) is 4.74 Å². The van der Waals surface area contributed by atoms with Crippen LogP contribution in [0.1, 0.15) is 22.3 Å². The molecule has 3 rings (SSSR count). The van der Waals surface area contributed by atoms with Gasteiger partial charge in [0.2, 0.25) is 0 Å². The summed E-state index contributed by atoms with van der Waals surface area (Å²) in [4.78, 5) is 23.1. The molecule has 0 fully saturated rings. The summed E-state index contributed by atoms with van der Waals surface area (Å²) in [7, 11) is 1.28. The number of halogens is 3. The van der Waals surface area contributed by atoms with E-state index < -0.39 is 34.9 Å². The summed E-state index contributed by atoms with van der Waals surface area (Å²) in [5.41, 5.74) is -4.44. The fraction of sp³-hybridized carbons (Fsp3) is 0.222. The van der Waals surface area contributed by atoms with Crippen molar-refractivity contribution in [2.75, 3.05) is 7.11 Å². The Labute approximate surface area is 162 Å². The standard InChI is InChI=1S/C18H14F3N3O5/c1-29-14-5-3-2-4-13(14)16(25)23-17(26,10-15(22-23)18(19,20)21)11-6-8-12(9-7-11)24(27)28/h2-9,26H,10H2,1H3. The molecule has 1 N–H and O–H groups in total. The highest BCUT2D eigenvalue weighted by atomic mass is 19.4. The Morgan fingerprint density at radius 3 is 2.41 bits per heavy atom. The molecular weight excluding hydrogens is 395 g/mol. The highest BCUT2D eigenvalue weighted by Gasteiger charge is 2.53. The molecule has 152 valence electrons. The number of methoxy groups -OCH3 is 1. The zero-order chi connectivity index (χ0) is 21.4. The van der Waals surface area contributed by atoms with Gasteiger partial charge >= 0.3 is 6.18 Å². The van der Waals surface area contributed by atoms with Gasteiger partial charge in [0.1, 0.15) is 11.5 Å². The summed E-state index contributed by atoms with van der Waals surface area (Å²) in [6.45, 7) is 0. The van der Waals surface area contributed by atoms with Crippen LogP contribution in [0.25, 0.3) is 0 Å². The molecule has 0 saturated carbocycles. The maximum Gasteiger partial charge on any atom is 0.431 e. The molecule has 2 aromatic rings. The van der Waals surface area contributed by atoms with Crippen LogP contribution in [0.5, 0.6) is 5.75 Å². The maximum atomic E-state index is 13.3. The number of alkyl halides is 3. The molecule has 1 aliphatic heterocycles. The second-order valence-electron chi connectivity index (χ2n) is 6.16. The zero-order valence-electron chi connectivity index (χ0n) is 14.9. The molecule has 0 radical (unpaired) electrons. The van der Waals surface area contributed by atoms with Gasteiger partial charge in [0.25, 0.3) is 11.6 Å². The number of rotatable bonds is 4. The van der Waals surface area contributed by atoms with Crippen LogP contribution in [0.15, 0.2) is 53.6 Å². The smallest absolute Gasteiger partial charge is 0.431 e. The van der Waals surface area contributed by atoms with Crippen LogP contribution in [-0.2, 0) is 5.72 Å². The predicted molar refractivity (Wildman–Crippen MR) is 94.3 cm³/mol. The van der Waals surface area contributed by atoms with Crippen LogP contribution in [0, 0.1) is 10.1 Å². The van der Waals surface area contributed by atoms with Gasteiger partial charge < -0.3 is 9.84 Å². The Balaban J connectivity index is 2.09. The summed E-state index contributed by atoms with van der Waals surface area (Å²) in [6, 6.07) is 9.99. The third kappa shape index (κ3) is 3.63. The van der Waals surface area contributed by atoms with Crippen molar-refractivity contribution in [2.24, 2.45) is 5.10 Å². The van der Waals surface area contributed by atoms with Crippen molar-refractivity contribution in [3.63, 3.8) is 0 Å². The molecule has 29 heavy (non-hydrogen) atoms. The molecular formula is C18H14F3N3O5. The number of benzene rings is 2. The lowest BCUT2D eigenvalue weighted by molar-refractivity contribution is -0.384. The minimum absolute atomic E-state index is 0.0826. The van der Waals surface area contributed by atoms with Gasteiger partial charge in [0.15, 0.2) is 5.72 Å². The van der Waals surface area contributed by atoms with Gasteiger partial charge in [0, 0.05) is 17.7 Å². The summed E-state index contributed by atoms with van der Waals surface area (Å²) < 4.78 is 44.9. The molecule has 0 aliphatic carbocycles. The van der Waals surface area contributed by atoms with Gasteiger partial charge in [-0.15, -0.1) is 0 Å². The first-order valence-corrected chi connectivity index (χ1v) is 8.17. The topological polar surface area (TPSA) is 105 Å². The number of nitro groups is 1. The van der Waals surface area contributed by atoms with E-state index in [0.717, 1.165) is 24.3 Å². The summed E-state index contributed by atoms with van der Waals surface area (Å²) >= 11 is 0. The molecule has 1 heterocycles. The van der Waals surface area contributed by atoms with Gasteiger partial charge in [-0.1, -0.05) is 12.1 Å². The van der Waals surface area contributed by atoms with E-state index in [-0.39, 0.29) is 22.6 Å². The number of aliphatic hydroxyl groups is 1. The van der Waals surface area contributed by atoms with Crippen molar-refractivity contribution >= 4 is 17.3 Å². The van der Waals surface area contributed by atoms with Crippen LogP contribution >= 0.6 is 0 Å². The number of carbonyl (C=O) groups is 1. The van der Waals surface area contributed by atoms with Crippen LogP contribution in [0.3, 0.4) is 0 Å². The van der Waals surface area contributed by atoms with Crippen molar-refractivity contribution in [1.82, 2.24) is 5.01 Å². The Morgan fingerprint density at radius 1 is 1.24 bits per heavy atom. The van der Waals surface area contributed by atoms with Crippen molar-refractivity contribution in [2.45, 2.75) is 18.3 Å². The van der Waals surface area contributed by atoms with Gasteiger partial charge in [-0.25, -0.2) is 0 Å². The SMILES string of the molecule is COc1ccccc1C(=O)N1N=C(C(F)(F)F)CC1(O)c1ccc([N+](=O)[O-])cc1. The number of hydrogen-bond donors (Lipinski definition) is 1. The summed E-state index contributed by atoms with van der Waals surface area (Å²) in [6.07, 6.45) is -5.92. The normalized spacial score (nSPS) is 19.1. The van der Waals surface area contributed by atoms with Gasteiger partial charge in [-0.2, -0.15) is 23.3 Å². The molecule has 1 amide bonds. The number of nitro benzene ring substituents is 1. The number of carbonyl (C=O) groups excluding carboxylic acids is 1. The third-order valence-corrected chi connectivity index (χ3v) is 4.38. The molecule has 1 atom stereocenters. The number of non-ortho nitro benzene ring substituents is 1. The summed E-state index contributed by atoms with van der Waals surface area (Å²) in [5, 5.41) is 25.5. The molecule has 1 unspecified atom stereocenters. The molecule has 11 heteroatoms. The first-order valence-electron chi connectivity index (χ1n) is 8.17. The van der Waals surface area contributed by atoms with Gasteiger partial charge in [-0.05, 0) is 24.3 Å². The number of nitrogens with zero attached hydrogens (tertiary/aromatic N) is 3. The fourth-order valence-electron chi connectivity index (χ4n) is 2.93. The molecule has 2 aromatic carbocycles. The van der Waals surface area contributed by atoms with E-state index >= 15 is 0 Å². The van der Waals surface area contributed by atoms with Crippen molar-refractivity contribution in [3.05, 3.63) is 69.8 Å². The van der Waals surface area contributed by atoms with Crippen LogP contribution in [-0.4, -0.2) is 39.9 Å². The number of para-hydroxylation sites is 1. The van der Waals surface area contributed by atoms with Crippen molar-refractivity contribution in [3.8, 4) is 5.75 Å². The Hall–Kier alpha value is -3.47. The van der Waals surface area contributed by atoms with E-state index in [1.165, 1.54) is 25.3 Å².